The molecule has 0 aromatic carbocycles. The van der Waals surface area contributed by atoms with Gasteiger partial charge in [-0.25, -0.2) is 0 Å². The Morgan fingerprint density at radius 3 is 3.00 bits per heavy atom. The Hall–Kier alpha value is -1.05. The number of cyclic esters (lactones) is 1. The van der Waals surface area contributed by atoms with Crippen LogP contribution in [-0.2, 0) is 9.53 Å². The summed E-state index contributed by atoms with van der Waals surface area (Å²) in [6, 6.07) is 0. The summed E-state index contributed by atoms with van der Waals surface area (Å²) in [4.78, 5) is 10.9. The molecule has 0 saturated heterocycles. The molecular formula is C10H12O2. The second kappa shape index (κ2) is 2.22. The number of ether oxygens (including phenoxy) is 1. The van der Waals surface area contributed by atoms with Gasteiger partial charge < -0.3 is 4.74 Å². The Balaban J connectivity index is 2.36. The van der Waals surface area contributed by atoms with Gasteiger partial charge in [0.1, 0.15) is 6.61 Å². The first-order chi connectivity index (χ1) is 5.59. The molecule has 64 valence electrons. The molecule has 2 heteroatoms. The van der Waals surface area contributed by atoms with E-state index in [1.54, 1.807) is 0 Å². The first kappa shape index (κ1) is 7.59. The zero-order chi connectivity index (χ0) is 8.77. The van der Waals surface area contributed by atoms with Gasteiger partial charge in [-0.1, -0.05) is 26.0 Å². The third-order valence-corrected chi connectivity index (χ3v) is 2.58. The lowest BCUT2D eigenvalue weighted by atomic mass is 9.85. The Morgan fingerprint density at radius 2 is 2.25 bits per heavy atom. The average Bonchev–Trinajstić information content (AvgIpc) is 2.27. The number of hydrogen-bond donors (Lipinski definition) is 0. The van der Waals surface area contributed by atoms with Crippen LogP contribution in [0.4, 0.5) is 0 Å². The van der Waals surface area contributed by atoms with Crippen LogP contribution in [0.15, 0.2) is 23.3 Å². The Labute approximate surface area is 71.9 Å². The third kappa shape index (κ3) is 0.986. The Kier molecular flexibility index (Phi) is 1.40. The van der Waals surface area contributed by atoms with Gasteiger partial charge in [0, 0.05) is 5.41 Å². The van der Waals surface area contributed by atoms with E-state index in [1.807, 2.05) is 0 Å². The number of allylic oxidation sites excluding steroid dienone is 2. The lowest BCUT2D eigenvalue weighted by Gasteiger charge is -2.24. The summed E-state index contributed by atoms with van der Waals surface area (Å²) in [6.07, 6.45) is 4.64. The van der Waals surface area contributed by atoms with E-state index in [4.69, 9.17) is 4.74 Å². The number of carbonyl (C=O) groups is 1. The summed E-state index contributed by atoms with van der Waals surface area (Å²) in [5, 5.41) is 0. The number of hydrogen-bond acceptors (Lipinski definition) is 2. The fourth-order valence-corrected chi connectivity index (χ4v) is 1.73. The summed E-state index contributed by atoms with van der Waals surface area (Å²) in [6.45, 7) is 4.77. The molecule has 0 unspecified atom stereocenters. The van der Waals surface area contributed by atoms with Gasteiger partial charge in [-0.2, -0.15) is 0 Å². The van der Waals surface area contributed by atoms with Crippen LogP contribution < -0.4 is 0 Å². The first-order valence-electron chi connectivity index (χ1n) is 4.17. The van der Waals surface area contributed by atoms with E-state index in [2.05, 4.69) is 26.0 Å². The highest BCUT2D eigenvalue weighted by atomic mass is 16.5. The summed E-state index contributed by atoms with van der Waals surface area (Å²) in [7, 11) is 0. The molecule has 2 aliphatic rings. The van der Waals surface area contributed by atoms with E-state index in [9.17, 15) is 4.79 Å². The highest BCUT2D eigenvalue weighted by Gasteiger charge is 2.32. The minimum Gasteiger partial charge on any atom is -0.461 e. The lowest BCUT2D eigenvalue weighted by molar-refractivity contribution is -0.143. The minimum absolute atomic E-state index is 0.0933. The molecule has 0 aromatic heterocycles. The first-order valence-corrected chi connectivity index (χ1v) is 4.17. The minimum atomic E-state index is -0.101. The van der Waals surface area contributed by atoms with E-state index >= 15 is 0 Å². The lowest BCUT2D eigenvalue weighted by Crippen LogP contribution is -2.21. The highest BCUT2D eigenvalue weighted by molar-refractivity contribution is 5.76. The second-order valence-corrected chi connectivity index (χ2v) is 3.90. The molecule has 0 aromatic rings. The molecule has 1 aliphatic heterocycles. The SMILES string of the molecule is CC1(C)C=CC2=C1COC(=O)C2. The molecule has 1 heterocycles. The molecule has 0 radical (unpaired) electrons. The van der Waals surface area contributed by atoms with Crippen LogP contribution in [0.3, 0.4) is 0 Å². The molecule has 0 bridgehead atoms. The van der Waals surface area contributed by atoms with Crippen LogP contribution in [0.25, 0.3) is 0 Å². The van der Waals surface area contributed by atoms with Crippen LogP contribution in [-0.4, -0.2) is 12.6 Å². The molecular weight excluding hydrogens is 152 g/mol. The molecule has 2 rings (SSSR count). The smallest absolute Gasteiger partial charge is 0.310 e. The van der Waals surface area contributed by atoms with E-state index in [0.29, 0.717) is 13.0 Å². The molecule has 0 atom stereocenters. The molecule has 0 spiro atoms. The van der Waals surface area contributed by atoms with Crippen molar-refractivity contribution in [1.82, 2.24) is 0 Å². The molecule has 1 aliphatic carbocycles. The molecule has 2 nitrogen and oxygen atoms in total. The normalized spacial score (nSPS) is 25.7. The van der Waals surface area contributed by atoms with Crippen LogP contribution in [0.1, 0.15) is 20.3 Å². The van der Waals surface area contributed by atoms with E-state index in [1.165, 1.54) is 5.57 Å². The van der Waals surface area contributed by atoms with Crippen molar-refractivity contribution in [1.29, 1.82) is 0 Å². The van der Waals surface area contributed by atoms with E-state index < -0.39 is 0 Å². The maximum atomic E-state index is 10.9. The second-order valence-electron chi connectivity index (χ2n) is 3.90. The van der Waals surface area contributed by atoms with Gasteiger partial charge in [-0.05, 0) is 11.1 Å². The molecule has 0 amide bonds. The standard InChI is InChI=1S/C10H12O2/c1-10(2)4-3-7-5-9(11)12-6-8(7)10/h3-4H,5-6H2,1-2H3. The fraction of sp³-hybridized carbons (Fsp3) is 0.500. The van der Waals surface area contributed by atoms with Crippen molar-refractivity contribution < 1.29 is 9.53 Å². The molecule has 12 heavy (non-hydrogen) atoms. The predicted octanol–water partition coefficient (Wildman–Crippen LogP) is 1.83. The topological polar surface area (TPSA) is 26.3 Å². The number of carbonyl (C=O) groups excluding carboxylic acids is 1. The van der Waals surface area contributed by atoms with Crippen molar-refractivity contribution in [2.75, 3.05) is 6.61 Å². The Bertz CT molecular complexity index is 295. The van der Waals surface area contributed by atoms with Crippen molar-refractivity contribution in [3.8, 4) is 0 Å². The van der Waals surface area contributed by atoms with Gasteiger partial charge in [0.05, 0.1) is 6.42 Å². The monoisotopic (exact) mass is 164 g/mol. The summed E-state index contributed by atoms with van der Waals surface area (Å²) in [5.74, 6) is -0.101. The van der Waals surface area contributed by atoms with Crippen molar-refractivity contribution in [3.63, 3.8) is 0 Å². The van der Waals surface area contributed by atoms with Gasteiger partial charge >= 0.3 is 5.97 Å². The van der Waals surface area contributed by atoms with Gasteiger partial charge in [0.2, 0.25) is 0 Å². The van der Waals surface area contributed by atoms with Crippen molar-refractivity contribution in [2.45, 2.75) is 20.3 Å². The highest BCUT2D eigenvalue weighted by Crippen LogP contribution is 2.39. The zero-order valence-electron chi connectivity index (χ0n) is 7.39. The summed E-state index contributed by atoms with van der Waals surface area (Å²) < 4.78 is 4.99. The van der Waals surface area contributed by atoms with Crippen molar-refractivity contribution >= 4 is 5.97 Å². The van der Waals surface area contributed by atoms with Crippen molar-refractivity contribution in [3.05, 3.63) is 23.3 Å². The molecule has 0 N–H and O–H groups in total. The van der Waals surface area contributed by atoms with Gasteiger partial charge in [0.25, 0.3) is 0 Å². The van der Waals surface area contributed by atoms with Gasteiger partial charge in [0.15, 0.2) is 0 Å². The van der Waals surface area contributed by atoms with Gasteiger partial charge in [-0.3, -0.25) is 4.79 Å². The zero-order valence-corrected chi connectivity index (χ0v) is 7.39. The molecule has 0 saturated carbocycles. The largest absolute Gasteiger partial charge is 0.461 e. The van der Waals surface area contributed by atoms with Crippen molar-refractivity contribution in [2.24, 2.45) is 5.41 Å². The fourth-order valence-electron chi connectivity index (χ4n) is 1.73. The quantitative estimate of drug-likeness (QED) is 0.510. The van der Waals surface area contributed by atoms with E-state index in [-0.39, 0.29) is 11.4 Å². The average molecular weight is 164 g/mol. The maximum absolute atomic E-state index is 10.9. The number of rotatable bonds is 0. The third-order valence-electron chi connectivity index (χ3n) is 2.58. The Morgan fingerprint density at radius 1 is 1.50 bits per heavy atom. The van der Waals surface area contributed by atoms with Gasteiger partial charge in [-0.15, -0.1) is 0 Å². The molecule has 0 fully saturated rings. The van der Waals surface area contributed by atoms with E-state index in [0.717, 1.165) is 5.57 Å². The van der Waals surface area contributed by atoms with Crippen LogP contribution in [0.2, 0.25) is 0 Å². The van der Waals surface area contributed by atoms with Crippen LogP contribution in [0.5, 0.6) is 0 Å². The maximum Gasteiger partial charge on any atom is 0.310 e. The predicted molar refractivity (Wildman–Crippen MR) is 45.5 cm³/mol. The van der Waals surface area contributed by atoms with Crippen LogP contribution >= 0.6 is 0 Å². The summed E-state index contributed by atoms with van der Waals surface area (Å²) in [5.41, 5.74) is 2.52. The number of esters is 1. The summed E-state index contributed by atoms with van der Waals surface area (Å²) >= 11 is 0. The van der Waals surface area contributed by atoms with Crippen LogP contribution in [0, 0.1) is 5.41 Å².